The van der Waals surface area contributed by atoms with Crippen molar-refractivity contribution < 1.29 is 9.59 Å². The number of anilines is 2. The summed E-state index contributed by atoms with van der Waals surface area (Å²) in [4.78, 5) is 23.8. The van der Waals surface area contributed by atoms with Crippen molar-refractivity contribution in [3.8, 4) is 0 Å². The Hall–Kier alpha value is -2.82. The third-order valence-corrected chi connectivity index (χ3v) is 4.28. The lowest BCUT2D eigenvalue weighted by Gasteiger charge is -2.15. The summed E-state index contributed by atoms with van der Waals surface area (Å²) in [7, 11) is 0. The second-order valence-electron chi connectivity index (χ2n) is 6.19. The van der Waals surface area contributed by atoms with E-state index in [1.165, 1.54) is 0 Å². The van der Waals surface area contributed by atoms with E-state index in [-0.39, 0.29) is 11.8 Å². The molecule has 0 aromatic heterocycles. The molecule has 0 saturated heterocycles. The number of amides is 2. The van der Waals surface area contributed by atoms with Crippen LogP contribution in [0.25, 0.3) is 0 Å². The maximum Gasteiger partial charge on any atom is 0.225 e. The fourth-order valence-corrected chi connectivity index (χ4v) is 2.84. The van der Waals surface area contributed by atoms with Crippen LogP contribution < -0.4 is 16.8 Å². The van der Waals surface area contributed by atoms with Crippen LogP contribution in [-0.4, -0.2) is 11.8 Å². The molecular weight excluding hydrogens is 314 g/mol. The predicted molar refractivity (Wildman–Crippen MR) is 101 cm³/mol. The van der Waals surface area contributed by atoms with Crippen LogP contribution in [0.15, 0.2) is 48.5 Å². The minimum Gasteiger partial charge on any atom is -0.398 e. The SMILES string of the molecule is Cc1ccccc1NC(=O)CCCCC(C(N)=O)c1ccccc1N. The van der Waals surface area contributed by atoms with Gasteiger partial charge in [-0.15, -0.1) is 0 Å². The molecule has 0 heterocycles. The fourth-order valence-electron chi connectivity index (χ4n) is 2.84. The van der Waals surface area contributed by atoms with Crippen molar-refractivity contribution in [2.24, 2.45) is 5.73 Å². The Bertz CT molecular complexity index is 743. The predicted octanol–water partition coefficient (Wildman–Crippen LogP) is 3.35. The average molecular weight is 339 g/mol. The number of carbonyl (C=O) groups is 2. The van der Waals surface area contributed by atoms with Gasteiger partial charge < -0.3 is 16.8 Å². The summed E-state index contributed by atoms with van der Waals surface area (Å²) in [6.45, 7) is 1.96. The summed E-state index contributed by atoms with van der Waals surface area (Å²) in [6.07, 6.45) is 2.41. The summed E-state index contributed by atoms with van der Waals surface area (Å²) in [5, 5.41) is 2.91. The van der Waals surface area contributed by atoms with E-state index in [2.05, 4.69) is 5.32 Å². The molecular formula is C20H25N3O2. The lowest BCUT2D eigenvalue weighted by Crippen LogP contribution is -2.22. The van der Waals surface area contributed by atoms with Crippen molar-refractivity contribution in [2.75, 3.05) is 11.1 Å². The molecule has 2 aromatic carbocycles. The van der Waals surface area contributed by atoms with E-state index in [1.807, 2.05) is 49.4 Å². The van der Waals surface area contributed by atoms with Crippen molar-refractivity contribution >= 4 is 23.2 Å². The maximum absolute atomic E-state index is 12.0. The van der Waals surface area contributed by atoms with Crippen molar-refractivity contribution in [1.82, 2.24) is 0 Å². The third kappa shape index (κ3) is 5.35. The molecule has 2 amide bonds. The molecule has 0 aliphatic heterocycles. The number of rotatable bonds is 8. The number of nitrogens with two attached hydrogens (primary N) is 2. The lowest BCUT2D eigenvalue weighted by molar-refractivity contribution is -0.119. The number of nitrogen functional groups attached to an aromatic ring is 1. The molecule has 0 fully saturated rings. The highest BCUT2D eigenvalue weighted by Crippen LogP contribution is 2.27. The fraction of sp³-hybridized carbons (Fsp3) is 0.300. The first kappa shape index (κ1) is 18.5. The molecule has 1 atom stereocenters. The first-order chi connectivity index (χ1) is 12.0. The summed E-state index contributed by atoms with van der Waals surface area (Å²) >= 11 is 0. The van der Waals surface area contributed by atoms with Gasteiger partial charge >= 0.3 is 0 Å². The van der Waals surface area contributed by atoms with Gasteiger partial charge in [-0.25, -0.2) is 0 Å². The van der Waals surface area contributed by atoms with E-state index in [0.717, 1.165) is 23.2 Å². The van der Waals surface area contributed by atoms with Gasteiger partial charge in [0.15, 0.2) is 0 Å². The molecule has 0 bridgehead atoms. The van der Waals surface area contributed by atoms with Crippen molar-refractivity contribution in [3.63, 3.8) is 0 Å². The normalized spacial score (nSPS) is 11.7. The summed E-state index contributed by atoms with van der Waals surface area (Å²) < 4.78 is 0. The monoisotopic (exact) mass is 339 g/mol. The first-order valence-electron chi connectivity index (χ1n) is 8.48. The Balaban J connectivity index is 1.83. The quantitative estimate of drug-likeness (QED) is 0.508. The van der Waals surface area contributed by atoms with Crippen molar-refractivity contribution in [2.45, 2.75) is 38.5 Å². The Morgan fingerprint density at radius 3 is 2.40 bits per heavy atom. The van der Waals surface area contributed by atoms with Gasteiger partial charge in [0.25, 0.3) is 0 Å². The van der Waals surface area contributed by atoms with Crippen LogP contribution in [0.5, 0.6) is 0 Å². The largest absolute Gasteiger partial charge is 0.398 e. The molecule has 0 radical (unpaired) electrons. The van der Waals surface area contributed by atoms with Crippen molar-refractivity contribution in [3.05, 3.63) is 59.7 Å². The number of hydrogen-bond donors (Lipinski definition) is 3. The number of aryl methyl sites for hydroxylation is 1. The molecule has 0 saturated carbocycles. The zero-order chi connectivity index (χ0) is 18.2. The van der Waals surface area contributed by atoms with Gasteiger partial charge in [-0.1, -0.05) is 42.8 Å². The second-order valence-corrected chi connectivity index (χ2v) is 6.19. The van der Waals surface area contributed by atoms with Crippen LogP contribution in [0.4, 0.5) is 11.4 Å². The van der Waals surface area contributed by atoms with Gasteiger partial charge in [-0.3, -0.25) is 9.59 Å². The molecule has 2 rings (SSSR count). The highest BCUT2D eigenvalue weighted by atomic mass is 16.2. The van der Waals surface area contributed by atoms with E-state index in [4.69, 9.17) is 11.5 Å². The van der Waals surface area contributed by atoms with E-state index in [1.54, 1.807) is 6.07 Å². The molecule has 5 nitrogen and oxygen atoms in total. The molecule has 0 aliphatic rings. The highest BCUT2D eigenvalue weighted by Gasteiger charge is 2.19. The molecule has 1 unspecified atom stereocenters. The van der Waals surface area contributed by atoms with Crippen molar-refractivity contribution in [1.29, 1.82) is 0 Å². The Kier molecular flexibility index (Phi) is 6.57. The molecule has 5 N–H and O–H groups in total. The van der Waals surface area contributed by atoms with Gasteiger partial charge in [0, 0.05) is 17.8 Å². The van der Waals surface area contributed by atoms with Crippen LogP contribution in [0.2, 0.25) is 0 Å². The summed E-state index contributed by atoms with van der Waals surface area (Å²) in [5.74, 6) is -0.827. The zero-order valence-corrected chi connectivity index (χ0v) is 14.5. The van der Waals surface area contributed by atoms with Crippen LogP contribution in [0.3, 0.4) is 0 Å². The Labute approximate surface area is 148 Å². The molecule has 132 valence electrons. The van der Waals surface area contributed by atoms with Crippen LogP contribution in [0.1, 0.15) is 42.7 Å². The summed E-state index contributed by atoms with van der Waals surface area (Å²) in [6, 6.07) is 14.9. The summed E-state index contributed by atoms with van der Waals surface area (Å²) in [5.41, 5.74) is 14.7. The minimum atomic E-state index is -0.416. The maximum atomic E-state index is 12.0. The van der Waals surface area contributed by atoms with Gasteiger partial charge in [-0.2, -0.15) is 0 Å². The number of benzene rings is 2. The topological polar surface area (TPSA) is 98.2 Å². The van der Waals surface area contributed by atoms with Gasteiger partial charge in [0.1, 0.15) is 0 Å². The number of carbonyl (C=O) groups excluding carboxylic acids is 2. The number of primary amides is 1. The zero-order valence-electron chi connectivity index (χ0n) is 14.5. The van der Waals surface area contributed by atoms with Crippen LogP contribution in [-0.2, 0) is 9.59 Å². The second kappa shape index (κ2) is 8.87. The van der Waals surface area contributed by atoms with E-state index in [9.17, 15) is 9.59 Å². The minimum absolute atomic E-state index is 0.0239. The molecule has 5 heteroatoms. The Morgan fingerprint density at radius 1 is 1.04 bits per heavy atom. The van der Waals surface area contributed by atoms with E-state index < -0.39 is 5.92 Å². The van der Waals surface area contributed by atoms with Gasteiger partial charge in [-0.05, 0) is 43.0 Å². The average Bonchev–Trinajstić information content (AvgIpc) is 2.58. The molecule has 25 heavy (non-hydrogen) atoms. The smallest absolute Gasteiger partial charge is 0.225 e. The molecule has 0 aliphatic carbocycles. The Morgan fingerprint density at radius 2 is 1.72 bits per heavy atom. The van der Waals surface area contributed by atoms with Crippen LogP contribution >= 0.6 is 0 Å². The third-order valence-electron chi connectivity index (χ3n) is 4.28. The molecule has 0 spiro atoms. The standard InChI is InChI=1S/C20H25N3O2/c1-14-8-2-6-12-18(14)23-19(24)13-7-4-10-16(20(22)25)15-9-3-5-11-17(15)21/h2-3,5-6,8-9,11-12,16H,4,7,10,13,21H2,1H3,(H2,22,25)(H,23,24). The number of para-hydroxylation sites is 2. The van der Waals surface area contributed by atoms with Gasteiger partial charge in [0.05, 0.1) is 5.92 Å². The number of unbranched alkanes of at least 4 members (excludes halogenated alkanes) is 1. The highest BCUT2D eigenvalue weighted by molar-refractivity contribution is 5.91. The van der Waals surface area contributed by atoms with E-state index >= 15 is 0 Å². The van der Waals surface area contributed by atoms with Gasteiger partial charge in [0.2, 0.25) is 11.8 Å². The lowest BCUT2D eigenvalue weighted by atomic mass is 9.91. The number of nitrogens with one attached hydrogen (secondary N) is 1. The molecule has 2 aromatic rings. The van der Waals surface area contributed by atoms with E-state index in [0.29, 0.717) is 24.9 Å². The number of hydrogen-bond acceptors (Lipinski definition) is 3. The first-order valence-corrected chi connectivity index (χ1v) is 8.48. The van der Waals surface area contributed by atoms with Crippen LogP contribution in [0, 0.1) is 6.92 Å².